The standard InChI is InChI=1S/C66H43NS/c1-4-17-44(18-5-1)48-33-34-50-41-55(37-35-49(50)39-48)67(54-26-15-24-52(42-54)56-30-16-31-61-59-28-12-13-32-63(59)68-66(56)61)53-25-14-23-47(40-53)51-36-38-58-57-27-10-11-29-60(57)64(45-19-6-2-7-20-45)65(62(58)43-51)46-21-8-3-9-22-46/h1-43H. The average Bonchev–Trinajstić information content (AvgIpc) is 3.80. The van der Waals surface area contributed by atoms with E-state index in [9.17, 15) is 0 Å². The molecular weight excluding hydrogens is 839 g/mol. The normalized spacial score (nSPS) is 11.5. The van der Waals surface area contributed by atoms with Crippen LogP contribution >= 0.6 is 11.3 Å². The minimum absolute atomic E-state index is 1.09. The van der Waals surface area contributed by atoms with E-state index < -0.39 is 0 Å². The molecule has 0 radical (unpaired) electrons. The van der Waals surface area contributed by atoms with Gasteiger partial charge in [0.15, 0.2) is 0 Å². The first-order valence-corrected chi connectivity index (χ1v) is 24.1. The second kappa shape index (κ2) is 16.7. The second-order valence-electron chi connectivity index (χ2n) is 17.6. The van der Waals surface area contributed by atoms with Gasteiger partial charge in [-0.1, -0.05) is 206 Å². The first-order chi connectivity index (χ1) is 33.7. The Balaban J connectivity index is 0.993. The summed E-state index contributed by atoms with van der Waals surface area (Å²) in [5, 5.41) is 10.0. The van der Waals surface area contributed by atoms with Gasteiger partial charge in [-0.2, -0.15) is 0 Å². The van der Waals surface area contributed by atoms with Crippen molar-refractivity contribution in [3.05, 3.63) is 261 Å². The maximum Gasteiger partial charge on any atom is 0.0468 e. The van der Waals surface area contributed by atoms with E-state index in [2.05, 4.69) is 266 Å². The summed E-state index contributed by atoms with van der Waals surface area (Å²) in [6, 6.07) is 95.8. The maximum absolute atomic E-state index is 2.43. The molecule has 0 bridgehead atoms. The van der Waals surface area contributed by atoms with E-state index in [1.54, 1.807) is 0 Å². The lowest BCUT2D eigenvalue weighted by Gasteiger charge is -2.27. The van der Waals surface area contributed by atoms with Gasteiger partial charge in [0.2, 0.25) is 0 Å². The fraction of sp³-hybridized carbons (Fsp3) is 0. The second-order valence-corrected chi connectivity index (χ2v) is 18.7. The minimum atomic E-state index is 1.09. The maximum atomic E-state index is 2.43. The van der Waals surface area contributed by atoms with Crippen LogP contribution in [0.1, 0.15) is 0 Å². The van der Waals surface area contributed by atoms with Crippen LogP contribution in [0.25, 0.3) is 108 Å². The summed E-state index contributed by atoms with van der Waals surface area (Å²) in [6.45, 7) is 0. The molecule has 1 heterocycles. The van der Waals surface area contributed by atoms with E-state index in [1.807, 2.05) is 11.3 Å². The Bertz CT molecular complexity index is 4020. The molecule has 0 saturated carbocycles. The van der Waals surface area contributed by atoms with Gasteiger partial charge in [0, 0.05) is 37.2 Å². The highest BCUT2D eigenvalue weighted by molar-refractivity contribution is 7.26. The van der Waals surface area contributed by atoms with Crippen LogP contribution in [0.2, 0.25) is 0 Å². The Kier molecular flexibility index (Phi) is 9.77. The zero-order valence-electron chi connectivity index (χ0n) is 37.2. The molecule has 0 fully saturated rings. The van der Waals surface area contributed by atoms with Crippen molar-refractivity contribution < 1.29 is 0 Å². The lowest BCUT2D eigenvalue weighted by molar-refractivity contribution is 1.29. The van der Waals surface area contributed by atoms with E-state index in [-0.39, 0.29) is 0 Å². The lowest BCUT2D eigenvalue weighted by atomic mass is 9.84. The first-order valence-electron chi connectivity index (χ1n) is 23.3. The van der Waals surface area contributed by atoms with Crippen LogP contribution in [0.5, 0.6) is 0 Å². The third-order valence-electron chi connectivity index (χ3n) is 13.6. The fourth-order valence-corrected chi connectivity index (χ4v) is 11.7. The monoisotopic (exact) mass is 881 g/mol. The number of hydrogen-bond acceptors (Lipinski definition) is 2. The summed E-state index contributed by atoms with van der Waals surface area (Å²) in [6.07, 6.45) is 0. The molecule has 0 amide bonds. The smallest absolute Gasteiger partial charge is 0.0468 e. The van der Waals surface area contributed by atoms with Crippen LogP contribution in [-0.4, -0.2) is 0 Å². The van der Waals surface area contributed by atoms with Gasteiger partial charge in [-0.25, -0.2) is 0 Å². The molecule has 0 saturated heterocycles. The lowest BCUT2D eigenvalue weighted by Crippen LogP contribution is -2.10. The molecular formula is C66H43NS. The molecule has 0 spiro atoms. The third-order valence-corrected chi connectivity index (χ3v) is 14.8. The van der Waals surface area contributed by atoms with Gasteiger partial charge in [0.25, 0.3) is 0 Å². The van der Waals surface area contributed by atoms with Crippen molar-refractivity contribution in [3.63, 3.8) is 0 Å². The molecule has 12 aromatic carbocycles. The van der Waals surface area contributed by atoms with Crippen molar-refractivity contribution in [3.8, 4) is 55.6 Å². The number of nitrogens with zero attached hydrogens (tertiary/aromatic N) is 1. The molecule has 1 nitrogen and oxygen atoms in total. The molecule has 0 aliphatic rings. The Labute approximate surface area is 400 Å². The SMILES string of the molecule is c1ccc(-c2ccc3cc(N(c4cccc(-c5ccc6c(c5)c(-c5ccccc5)c(-c5ccccc5)c5ccccc56)c4)c4cccc(-c5cccc6c5sc5ccccc56)c4)ccc3c2)cc1. The number of hydrogen-bond donors (Lipinski definition) is 0. The Morgan fingerprint density at radius 2 is 0.735 bits per heavy atom. The molecule has 1 aromatic heterocycles. The summed E-state index contributed by atoms with van der Waals surface area (Å²) in [7, 11) is 0. The van der Waals surface area contributed by atoms with Gasteiger partial charge in [-0.05, 0) is 143 Å². The average molecular weight is 882 g/mol. The summed E-state index contributed by atoms with van der Waals surface area (Å²) >= 11 is 1.88. The minimum Gasteiger partial charge on any atom is -0.310 e. The van der Waals surface area contributed by atoms with Gasteiger partial charge in [-0.3, -0.25) is 0 Å². The van der Waals surface area contributed by atoms with Gasteiger partial charge >= 0.3 is 0 Å². The van der Waals surface area contributed by atoms with Crippen molar-refractivity contribution in [2.75, 3.05) is 4.90 Å². The van der Waals surface area contributed by atoms with E-state index >= 15 is 0 Å². The topological polar surface area (TPSA) is 3.24 Å². The summed E-state index contributed by atoms with van der Waals surface area (Å²) in [5.41, 5.74) is 15.4. The van der Waals surface area contributed by atoms with Crippen LogP contribution in [-0.2, 0) is 0 Å². The predicted octanol–water partition coefficient (Wildman–Crippen LogP) is 19.3. The number of thiophene rings is 1. The van der Waals surface area contributed by atoms with Crippen LogP contribution in [0.4, 0.5) is 17.1 Å². The zero-order valence-corrected chi connectivity index (χ0v) is 38.0. The summed E-state index contributed by atoms with van der Waals surface area (Å²) in [5.74, 6) is 0. The fourth-order valence-electron chi connectivity index (χ4n) is 10.4. The molecule has 0 aliphatic heterocycles. The number of benzene rings is 12. The van der Waals surface area contributed by atoms with Crippen molar-refractivity contribution in [1.82, 2.24) is 0 Å². The molecule has 13 aromatic rings. The number of rotatable bonds is 8. The van der Waals surface area contributed by atoms with Crippen LogP contribution < -0.4 is 4.90 Å². The number of anilines is 3. The van der Waals surface area contributed by atoms with Gasteiger partial charge < -0.3 is 4.90 Å². The third kappa shape index (κ3) is 6.93. The van der Waals surface area contributed by atoms with Crippen molar-refractivity contribution in [2.45, 2.75) is 0 Å². The summed E-state index contributed by atoms with van der Waals surface area (Å²) < 4.78 is 2.62. The van der Waals surface area contributed by atoms with Crippen molar-refractivity contribution in [1.29, 1.82) is 0 Å². The van der Waals surface area contributed by atoms with E-state index in [4.69, 9.17) is 0 Å². The molecule has 318 valence electrons. The van der Waals surface area contributed by atoms with Crippen LogP contribution in [0.15, 0.2) is 261 Å². The number of fused-ring (bicyclic) bond motifs is 7. The molecule has 2 heteroatoms. The van der Waals surface area contributed by atoms with Crippen LogP contribution in [0, 0.1) is 0 Å². The van der Waals surface area contributed by atoms with Gasteiger partial charge in [-0.15, -0.1) is 11.3 Å². The van der Waals surface area contributed by atoms with Crippen LogP contribution in [0.3, 0.4) is 0 Å². The largest absolute Gasteiger partial charge is 0.310 e. The van der Waals surface area contributed by atoms with Gasteiger partial charge in [0.1, 0.15) is 0 Å². The molecule has 0 unspecified atom stereocenters. The Morgan fingerprint density at radius 3 is 1.49 bits per heavy atom. The van der Waals surface area contributed by atoms with Crippen molar-refractivity contribution >= 4 is 80.9 Å². The molecule has 68 heavy (non-hydrogen) atoms. The quantitative estimate of drug-likeness (QED) is 0.137. The molecule has 0 aliphatic carbocycles. The Hall–Kier alpha value is -8.56. The van der Waals surface area contributed by atoms with E-state index in [0.29, 0.717) is 0 Å². The molecule has 0 atom stereocenters. The van der Waals surface area contributed by atoms with E-state index in [1.165, 1.54) is 103 Å². The Morgan fingerprint density at radius 1 is 0.250 bits per heavy atom. The molecule has 0 N–H and O–H groups in total. The zero-order chi connectivity index (χ0) is 45.0. The highest BCUT2D eigenvalue weighted by Gasteiger charge is 2.20. The summed E-state index contributed by atoms with van der Waals surface area (Å²) in [4.78, 5) is 2.43. The first kappa shape index (κ1) is 39.8. The van der Waals surface area contributed by atoms with E-state index in [0.717, 1.165) is 22.6 Å². The highest BCUT2D eigenvalue weighted by Crippen LogP contribution is 2.47. The van der Waals surface area contributed by atoms with Gasteiger partial charge in [0.05, 0.1) is 0 Å². The van der Waals surface area contributed by atoms with Crippen molar-refractivity contribution in [2.24, 2.45) is 0 Å². The predicted molar refractivity (Wildman–Crippen MR) is 294 cm³/mol. The highest BCUT2D eigenvalue weighted by atomic mass is 32.1. The molecule has 13 rings (SSSR count).